The Morgan fingerprint density at radius 2 is 1.67 bits per heavy atom. The Hall–Kier alpha value is -3.10. The van der Waals surface area contributed by atoms with Crippen LogP contribution in [-0.4, -0.2) is 29.6 Å². The summed E-state index contributed by atoms with van der Waals surface area (Å²) < 4.78 is 41.5. The molecule has 27 heavy (non-hydrogen) atoms. The van der Waals surface area contributed by atoms with E-state index >= 15 is 0 Å². The van der Waals surface area contributed by atoms with Crippen molar-refractivity contribution in [2.24, 2.45) is 5.92 Å². The molecule has 0 spiro atoms. The standard InChI is InChI=1S/C18H18F3N3O3/c1-11(2)15(25)23-12-5-7-13(8-6-12)24-16(26)14-4-3-9-22-17(14)27-10-18(19,20)21/h3-9,11H,10H2,1-2H3,(H,23,25)(H,24,26). The van der Waals surface area contributed by atoms with Crippen molar-refractivity contribution >= 4 is 23.2 Å². The SMILES string of the molecule is CC(C)C(=O)Nc1ccc(NC(=O)c2cccnc2OCC(F)(F)F)cc1. The first kappa shape index (κ1) is 20.2. The topological polar surface area (TPSA) is 80.3 Å². The summed E-state index contributed by atoms with van der Waals surface area (Å²) in [6, 6.07) is 9.03. The van der Waals surface area contributed by atoms with Gasteiger partial charge in [-0.25, -0.2) is 4.98 Å². The lowest BCUT2D eigenvalue weighted by Crippen LogP contribution is -2.22. The van der Waals surface area contributed by atoms with Crippen LogP contribution in [-0.2, 0) is 4.79 Å². The van der Waals surface area contributed by atoms with E-state index in [4.69, 9.17) is 0 Å². The van der Waals surface area contributed by atoms with Crippen LogP contribution in [0.1, 0.15) is 24.2 Å². The van der Waals surface area contributed by atoms with E-state index < -0.39 is 24.6 Å². The van der Waals surface area contributed by atoms with Crippen LogP contribution in [0.2, 0.25) is 0 Å². The third kappa shape index (κ3) is 6.28. The number of ether oxygens (including phenoxy) is 1. The summed E-state index contributed by atoms with van der Waals surface area (Å²) in [6.45, 7) is 1.97. The molecule has 2 rings (SSSR count). The van der Waals surface area contributed by atoms with Gasteiger partial charge >= 0.3 is 6.18 Å². The van der Waals surface area contributed by atoms with Crippen LogP contribution in [0.5, 0.6) is 5.88 Å². The van der Waals surface area contributed by atoms with Crippen molar-refractivity contribution in [3.05, 3.63) is 48.2 Å². The van der Waals surface area contributed by atoms with Crippen molar-refractivity contribution in [3.63, 3.8) is 0 Å². The minimum atomic E-state index is -4.54. The van der Waals surface area contributed by atoms with Gasteiger partial charge < -0.3 is 15.4 Å². The fraction of sp³-hybridized carbons (Fsp3) is 0.278. The van der Waals surface area contributed by atoms with Crippen LogP contribution in [0, 0.1) is 5.92 Å². The predicted molar refractivity (Wildman–Crippen MR) is 93.6 cm³/mol. The highest BCUT2D eigenvalue weighted by molar-refractivity contribution is 6.06. The molecule has 144 valence electrons. The number of hydrogen-bond donors (Lipinski definition) is 2. The average molecular weight is 381 g/mol. The van der Waals surface area contributed by atoms with Crippen molar-refractivity contribution in [3.8, 4) is 5.88 Å². The van der Waals surface area contributed by atoms with E-state index in [2.05, 4.69) is 20.4 Å². The van der Waals surface area contributed by atoms with E-state index in [0.717, 1.165) is 0 Å². The molecule has 0 radical (unpaired) electrons. The molecular formula is C18H18F3N3O3. The number of aromatic nitrogens is 1. The number of amides is 2. The van der Waals surface area contributed by atoms with E-state index in [1.54, 1.807) is 38.1 Å². The van der Waals surface area contributed by atoms with Gasteiger partial charge in [-0.15, -0.1) is 0 Å². The van der Waals surface area contributed by atoms with Crippen LogP contribution < -0.4 is 15.4 Å². The number of halogens is 3. The van der Waals surface area contributed by atoms with Crippen molar-refractivity contribution in [2.45, 2.75) is 20.0 Å². The molecule has 2 aromatic rings. The zero-order valence-corrected chi connectivity index (χ0v) is 14.6. The highest BCUT2D eigenvalue weighted by atomic mass is 19.4. The normalized spacial score (nSPS) is 11.2. The van der Waals surface area contributed by atoms with E-state index in [1.165, 1.54) is 18.3 Å². The molecule has 0 aliphatic rings. The number of carbonyl (C=O) groups is 2. The van der Waals surface area contributed by atoms with Gasteiger partial charge in [0.2, 0.25) is 11.8 Å². The quantitative estimate of drug-likeness (QED) is 0.796. The van der Waals surface area contributed by atoms with Crippen molar-refractivity contribution in [2.75, 3.05) is 17.2 Å². The molecule has 0 saturated heterocycles. The monoisotopic (exact) mass is 381 g/mol. The van der Waals surface area contributed by atoms with Gasteiger partial charge in [-0.1, -0.05) is 13.8 Å². The molecule has 1 aromatic heterocycles. The number of pyridine rings is 1. The number of nitrogens with one attached hydrogen (secondary N) is 2. The smallest absolute Gasteiger partial charge is 0.422 e. The predicted octanol–water partition coefficient (Wildman–Crippen LogP) is 3.87. The van der Waals surface area contributed by atoms with Crippen LogP contribution in [0.15, 0.2) is 42.6 Å². The van der Waals surface area contributed by atoms with Gasteiger partial charge in [0.05, 0.1) is 0 Å². The second-order valence-electron chi connectivity index (χ2n) is 5.94. The number of benzene rings is 1. The molecule has 1 heterocycles. The molecule has 0 bridgehead atoms. The molecule has 2 N–H and O–H groups in total. The Labute approximate surface area is 153 Å². The number of hydrogen-bond acceptors (Lipinski definition) is 4. The zero-order valence-electron chi connectivity index (χ0n) is 14.6. The first-order valence-electron chi connectivity index (χ1n) is 8.02. The lowest BCUT2D eigenvalue weighted by molar-refractivity contribution is -0.154. The molecule has 0 atom stereocenters. The van der Waals surface area contributed by atoms with E-state index in [-0.39, 0.29) is 17.4 Å². The maximum atomic E-state index is 12.3. The van der Waals surface area contributed by atoms with Gasteiger partial charge in [0.1, 0.15) is 5.56 Å². The maximum absolute atomic E-state index is 12.3. The van der Waals surface area contributed by atoms with Gasteiger partial charge in [-0.2, -0.15) is 13.2 Å². The summed E-state index contributed by atoms with van der Waals surface area (Å²) in [5.41, 5.74) is 0.828. The van der Waals surface area contributed by atoms with E-state index in [0.29, 0.717) is 11.4 Å². The van der Waals surface area contributed by atoms with Gasteiger partial charge in [0.15, 0.2) is 6.61 Å². The third-order valence-electron chi connectivity index (χ3n) is 3.32. The van der Waals surface area contributed by atoms with Crippen LogP contribution in [0.3, 0.4) is 0 Å². The molecular weight excluding hydrogens is 363 g/mol. The summed E-state index contributed by atoms with van der Waals surface area (Å²) in [5.74, 6) is -1.40. The molecule has 0 aliphatic heterocycles. The molecule has 0 fully saturated rings. The van der Waals surface area contributed by atoms with E-state index in [1.807, 2.05) is 0 Å². The van der Waals surface area contributed by atoms with E-state index in [9.17, 15) is 22.8 Å². The fourth-order valence-corrected chi connectivity index (χ4v) is 1.95. The number of anilines is 2. The molecule has 0 aliphatic carbocycles. The minimum absolute atomic E-state index is 0.126. The van der Waals surface area contributed by atoms with Crippen molar-refractivity contribution in [1.82, 2.24) is 4.98 Å². The fourth-order valence-electron chi connectivity index (χ4n) is 1.95. The Morgan fingerprint density at radius 3 is 2.22 bits per heavy atom. The molecule has 0 saturated carbocycles. The maximum Gasteiger partial charge on any atom is 0.422 e. The Kier molecular flexibility index (Phi) is 6.38. The Morgan fingerprint density at radius 1 is 1.07 bits per heavy atom. The summed E-state index contributed by atoms with van der Waals surface area (Å²) in [5, 5.41) is 5.25. The van der Waals surface area contributed by atoms with Crippen molar-refractivity contribution in [1.29, 1.82) is 0 Å². The third-order valence-corrected chi connectivity index (χ3v) is 3.32. The number of nitrogens with zero attached hydrogens (tertiary/aromatic N) is 1. The van der Waals surface area contributed by atoms with Gasteiger partial charge in [0, 0.05) is 23.5 Å². The number of rotatable bonds is 6. The average Bonchev–Trinajstić information content (AvgIpc) is 2.61. The van der Waals surface area contributed by atoms with Crippen LogP contribution >= 0.6 is 0 Å². The minimum Gasteiger partial charge on any atom is -0.467 e. The number of carbonyl (C=O) groups excluding carboxylic acids is 2. The lowest BCUT2D eigenvalue weighted by Gasteiger charge is -2.12. The summed E-state index contributed by atoms with van der Waals surface area (Å²) in [7, 11) is 0. The first-order valence-corrected chi connectivity index (χ1v) is 8.02. The van der Waals surface area contributed by atoms with Gasteiger partial charge in [0.25, 0.3) is 5.91 Å². The molecule has 1 aromatic carbocycles. The van der Waals surface area contributed by atoms with Crippen LogP contribution in [0.25, 0.3) is 0 Å². The zero-order chi connectivity index (χ0) is 20.0. The van der Waals surface area contributed by atoms with Gasteiger partial charge in [-0.05, 0) is 36.4 Å². The second-order valence-corrected chi connectivity index (χ2v) is 5.94. The summed E-state index contributed by atoms with van der Waals surface area (Å²) >= 11 is 0. The molecule has 6 nitrogen and oxygen atoms in total. The summed E-state index contributed by atoms with van der Waals surface area (Å²) in [6.07, 6.45) is -3.31. The molecule has 9 heteroatoms. The Balaban J connectivity index is 2.06. The first-order chi connectivity index (χ1) is 12.7. The molecule has 2 amide bonds. The highest BCUT2D eigenvalue weighted by Crippen LogP contribution is 2.21. The second kappa shape index (κ2) is 8.52. The lowest BCUT2D eigenvalue weighted by atomic mass is 10.2. The highest BCUT2D eigenvalue weighted by Gasteiger charge is 2.29. The van der Waals surface area contributed by atoms with Crippen LogP contribution in [0.4, 0.5) is 24.5 Å². The van der Waals surface area contributed by atoms with Gasteiger partial charge in [-0.3, -0.25) is 9.59 Å². The Bertz CT molecular complexity index is 805. The van der Waals surface area contributed by atoms with Crippen molar-refractivity contribution < 1.29 is 27.5 Å². The summed E-state index contributed by atoms with van der Waals surface area (Å²) in [4.78, 5) is 27.7. The molecule has 0 unspecified atom stereocenters. The largest absolute Gasteiger partial charge is 0.467 e. The number of alkyl halides is 3.